The van der Waals surface area contributed by atoms with Gasteiger partial charge in [0.15, 0.2) is 11.5 Å². The molecule has 122 valence electrons. The van der Waals surface area contributed by atoms with Crippen LogP contribution in [0.25, 0.3) is 0 Å². The van der Waals surface area contributed by atoms with E-state index in [4.69, 9.17) is 9.26 Å². The summed E-state index contributed by atoms with van der Waals surface area (Å²) in [6.07, 6.45) is 2.85. The van der Waals surface area contributed by atoms with Crippen LogP contribution >= 0.6 is 0 Å². The van der Waals surface area contributed by atoms with Gasteiger partial charge in [-0.3, -0.25) is 4.79 Å². The van der Waals surface area contributed by atoms with Gasteiger partial charge in [0, 0.05) is 19.7 Å². The number of rotatable bonds is 5. The molecule has 3 rings (SSSR count). The molecule has 5 heteroatoms. The fraction of sp³-hybridized carbons (Fsp3) is 0.444. The summed E-state index contributed by atoms with van der Waals surface area (Å²) < 4.78 is 10.2. The average molecular weight is 314 g/mol. The number of hydrogen-bond donors (Lipinski definition) is 0. The lowest BCUT2D eigenvalue weighted by Crippen LogP contribution is -2.40. The molecule has 0 saturated heterocycles. The predicted octanol–water partition coefficient (Wildman–Crippen LogP) is 3.36. The number of amides is 1. The minimum atomic E-state index is -0.0657. The first kappa shape index (κ1) is 15.7. The third kappa shape index (κ3) is 3.15. The molecule has 0 saturated carbocycles. The molecule has 5 nitrogen and oxygen atoms in total. The normalized spacial score (nSPS) is 17.1. The highest BCUT2D eigenvalue weighted by atomic mass is 16.5. The van der Waals surface area contributed by atoms with Crippen LogP contribution < -0.4 is 0 Å². The van der Waals surface area contributed by atoms with E-state index in [9.17, 15) is 4.79 Å². The van der Waals surface area contributed by atoms with Gasteiger partial charge in [-0.1, -0.05) is 42.8 Å². The Balaban J connectivity index is 1.87. The first-order valence-corrected chi connectivity index (χ1v) is 8.08. The number of carbonyl (C=O) groups is 1. The van der Waals surface area contributed by atoms with Gasteiger partial charge < -0.3 is 14.2 Å². The maximum Gasteiger partial charge on any atom is 0.276 e. The van der Waals surface area contributed by atoms with Gasteiger partial charge in [0.25, 0.3) is 5.91 Å². The van der Waals surface area contributed by atoms with Crippen molar-refractivity contribution in [3.8, 4) is 0 Å². The summed E-state index contributed by atoms with van der Waals surface area (Å²) in [6, 6.07) is 10.2. The van der Waals surface area contributed by atoms with E-state index >= 15 is 0 Å². The highest BCUT2D eigenvalue weighted by Crippen LogP contribution is 2.34. The van der Waals surface area contributed by atoms with Crippen molar-refractivity contribution in [2.24, 2.45) is 0 Å². The minimum Gasteiger partial charge on any atom is -0.377 e. The van der Waals surface area contributed by atoms with Gasteiger partial charge in [0.2, 0.25) is 0 Å². The summed E-state index contributed by atoms with van der Waals surface area (Å²) in [5.74, 6) is 0.504. The van der Waals surface area contributed by atoms with Crippen molar-refractivity contribution in [3.05, 3.63) is 52.9 Å². The molecule has 23 heavy (non-hydrogen) atoms. The van der Waals surface area contributed by atoms with E-state index in [0.29, 0.717) is 24.6 Å². The number of ether oxygens (including phenoxy) is 1. The SMILES string of the molecule is CCCC1c2ccccc2CCN1C(=O)c1cc(COC)on1. The third-order valence-electron chi connectivity index (χ3n) is 4.30. The molecule has 1 aliphatic heterocycles. The molecule has 1 amide bonds. The monoisotopic (exact) mass is 314 g/mol. The van der Waals surface area contributed by atoms with Crippen LogP contribution in [0.5, 0.6) is 0 Å². The number of carbonyl (C=O) groups excluding carboxylic acids is 1. The Labute approximate surface area is 136 Å². The Morgan fingerprint density at radius 1 is 1.43 bits per heavy atom. The van der Waals surface area contributed by atoms with E-state index in [1.807, 2.05) is 11.0 Å². The van der Waals surface area contributed by atoms with Crippen LogP contribution in [0.4, 0.5) is 0 Å². The molecule has 0 radical (unpaired) electrons. The quantitative estimate of drug-likeness (QED) is 0.849. The van der Waals surface area contributed by atoms with Crippen molar-refractivity contribution in [1.29, 1.82) is 0 Å². The summed E-state index contributed by atoms with van der Waals surface area (Å²) in [5.41, 5.74) is 2.96. The molecule has 0 fully saturated rings. The lowest BCUT2D eigenvalue weighted by Gasteiger charge is -2.37. The molecular weight excluding hydrogens is 292 g/mol. The second-order valence-corrected chi connectivity index (χ2v) is 5.86. The molecule has 0 spiro atoms. The minimum absolute atomic E-state index is 0.0657. The Morgan fingerprint density at radius 2 is 2.26 bits per heavy atom. The molecule has 2 heterocycles. The largest absolute Gasteiger partial charge is 0.377 e. The van der Waals surface area contributed by atoms with Crippen LogP contribution in [0.3, 0.4) is 0 Å². The molecule has 2 aromatic rings. The number of nitrogens with zero attached hydrogens (tertiary/aromatic N) is 2. The van der Waals surface area contributed by atoms with E-state index in [0.717, 1.165) is 19.3 Å². The molecule has 0 aliphatic carbocycles. The third-order valence-corrected chi connectivity index (χ3v) is 4.30. The molecule has 1 aromatic heterocycles. The van der Waals surface area contributed by atoms with Gasteiger partial charge in [0.1, 0.15) is 6.61 Å². The Morgan fingerprint density at radius 3 is 3.04 bits per heavy atom. The molecule has 0 N–H and O–H groups in total. The second kappa shape index (κ2) is 6.96. The average Bonchev–Trinajstić information content (AvgIpc) is 3.04. The number of hydrogen-bond acceptors (Lipinski definition) is 4. The van der Waals surface area contributed by atoms with Crippen molar-refractivity contribution < 1.29 is 14.1 Å². The first-order valence-electron chi connectivity index (χ1n) is 8.08. The zero-order valence-corrected chi connectivity index (χ0v) is 13.6. The van der Waals surface area contributed by atoms with Gasteiger partial charge in [-0.05, 0) is 24.0 Å². The van der Waals surface area contributed by atoms with E-state index in [-0.39, 0.29) is 11.9 Å². The molecule has 0 bridgehead atoms. The van der Waals surface area contributed by atoms with Crippen molar-refractivity contribution in [1.82, 2.24) is 10.1 Å². The number of benzene rings is 1. The summed E-state index contributed by atoms with van der Waals surface area (Å²) >= 11 is 0. The van der Waals surface area contributed by atoms with E-state index in [1.165, 1.54) is 11.1 Å². The highest BCUT2D eigenvalue weighted by molar-refractivity contribution is 5.92. The molecule has 1 unspecified atom stereocenters. The van der Waals surface area contributed by atoms with Gasteiger partial charge in [-0.25, -0.2) is 0 Å². The molecular formula is C18H22N2O3. The topological polar surface area (TPSA) is 55.6 Å². The van der Waals surface area contributed by atoms with Crippen LogP contribution in [-0.4, -0.2) is 29.6 Å². The maximum atomic E-state index is 12.9. The molecule has 1 aromatic carbocycles. The van der Waals surface area contributed by atoms with Gasteiger partial charge >= 0.3 is 0 Å². The smallest absolute Gasteiger partial charge is 0.276 e. The van der Waals surface area contributed by atoms with Crippen molar-refractivity contribution >= 4 is 5.91 Å². The van der Waals surface area contributed by atoms with Crippen LogP contribution in [-0.2, 0) is 17.8 Å². The van der Waals surface area contributed by atoms with Gasteiger partial charge in [0.05, 0.1) is 6.04 Å². The van der Waals surface area contributed by atoms with Gasteiger partial charge in [-0.15, -0.1) is 0 Å². The fourth-order valence-electron chi connectivity index (χ4n) is 3.25. The number of aromatic nitrogens is 1. The Kier molecular flexibility index (Phi) is 4.76. The number of fused-ring (bicyclic) bond motifs is 1. The first-order chi connectivity index (χ1) is 11.2. The summed E-state index contributed by atoms with van der Waals surface area (Å²) in [5, 5.41) is 3.91. The molecule has 1 atom stereocenters. The van der Waals surface area contributed by atoms with Crippen molar-refractivity contribution in [3.63, 3.8) is 0 Å². The lowest BCUT2D eigenvalue weighted by atomic mass is 9.90. The zero-order chi connectivity index (χ0) is 16.2. The van der Waals surface area contributed by atoms with Crippen molar-refractivity contribution in [2.75, 3.05) is 13.7 Å². The van der Waals surface area contributed by atoms with Crippen LogP contribution in [0.15, 0.2) is 34.9 Å². The zero-order valence-electron chi connectivity index (χ0n) is 13.6. The number of methoxy groups -OCH3 is 1. The standard InChI is InChI=1S/C18H22N2O3/c1-3-6-17-15-8-5-4-7-13(15)9-10-20(17)18(21)16-11-14(12-22-2)23-19-16/h4-5,7-8,11,17H,3,6,9-10,12H2,1-2H3. The summed E-state index contributed by atoms with van der Waals surface area (Å²) in [7, 11) is 1.59. The van der Waals surface area contributed by atoms with Gasteiger partial charge in [-0.2, -0.15) is 0 Å². The van der Waals surface area contributed by atoms with Crippen molar-refractivity contribution in [2.45, 2.75) is 38.8 Å². The fourth-order valence-corrected chi connectivity index (χ4v) is 3.25. The Hall–Kier alpha value is -2.14. The second-order valence-electron chi connectivity index (χ2n) is 5.86. The highest BCUT2D eigenvalue weighted by Gasteiger charge is 2.31. The van der Waals surface area contributed by atoms with E-state index < -0.39 is 0 Å². The van der Waals surface area contributed by atoms with E-state index in [1.54, 1.807) is 13.2 Å². The van der Waals surface area contributed by atoms with Crippen LogP contribution in [0.1, 0.15) is 53.2 Å². The maximum absolute atomic E-state index is 12.9. The molecule has 1 aliphatic rings. The predicted molar refractivity (Wildman–Crippen MR) is 86.0 cm³/mol. The Bertz CT molecular complexity index is 680. The van der Waals surface area contributed by atoms with Crippen LogP contribution in [0, 0.1) is 0 Å². The lowest BCUT2D eigenvalue weighted by molar-refractivity contribution is 0.0638. The summed E-state index contributed by atoms with van der Waals surface area (Å²) in [6.45, 7) is 3.18. The van der Waals surface area contributed by atoms with E-state index in [2.05, 4.69) is 30.3 Å². The van der Waals surface area contributed by atoms with Crippen LogP contribution in [0.2, 0.25) is 0 Å². The summed E-state index contributed by atoms with van der Waals surface area (Å²) in [4.78, 5) is 14.8.